The number of nitrogens with zero attached hydrogens (tertiary/aromatic N) is 2. The largest absolute Gasteiger partial charge is 0.207 e. The first-order valence-corrected chi connectivity index (χ1v) is 5.49. The van der Waals surface area contributed by atoms with Crippen molar-refractivity contribution in [3.8, 4) is 10.6 Å². The van der Waals surface area contributed by atoms with Crippen molar-refractivity contribution in [2.75, 3.05) is 0 Å². The molecule has 0 radical (unpaired) electrons. The van der Waals surface area contributed by atoms with Gasteiger partial charge >= 0.3 is 0 Å². The molecule has 66 valence electrons. The van der Waals surface area contributed by atoms with Crippen LogP contribution in [-0.4, -0.2) is 10.2 Å². The number of halogens is 2. The van der Waals surface area contributed by atoms with E-state index in [0.717, 1.165) is 15.0 Å². The highest BCUT2D eigenvalue weighted by Crippen LogP contribution is 2.26. The Hall–Kier alpha value is -0.450. The first-order valence-electron chi connectivity index (χ1n) is 3.50. The van der Waals surface area contributed by atoms with Crippen LogP contribution in [0.4, 0.5) is 0 Å². The Morgan fingerprint density at radius 2 is 1.85 bits per heavy atom. The van der Waals surface area contributed by atoms with Gasteiger partial charge in [-0.15, -0.1) is 10.2 Å². The van der Waals surface area contributed by atoms with Crippen molar-refractivity contribution < 1.29 is 0 Å². The summed E-state index contributed by atoms with van der Waals surface area (Å²) in [4.78, 5) is 0. The van der Waals surface area contributed by atoms with Gasteiger partial charge in [-0.1, -0.05) is 39.4 Å². The first kappa shape index (κ1) is 9.12. The van der Waals surface area contributed by atoms with Crippen LogP contribution in [0.2, 0.25) is 4.47 Å². The summed E-state index contributed by atoms with van der Waals surface area (Å²) in [7, 11) is 0. The normalized spacial score (nSPS) is 10.3. The van der Waals surface area contributed by atoms with Crippen molar-refractivity contribution in [3.63, 3.8) is 0 Å². The first-order chi connectivity index (χ1) is 6.25. The molecule has 0 saturated carbocycles. The van der Waals surface area contributed by atoms with Gasteiger partial charge in [0.05, 0.1) is 0 Å². The molecule has 1 heterocycles. The average Bonchev–Trinajstić information content (AvgIpc) is 2.53. The lowest BCUT2D eigenvalue weighted by Gasteiger charge is -1.93. The average molecular weight is 276 g/mol. The summed E-state index contributed by atoms with van der Waals surface area (Å²) in [6.45, 7) is 0. The Labute approximate surface area is 92.7 Å². The van der Waals surface area contributed by atoms with Crippen LogP contribution in [0.5, 0.6) is 0 Å². The second kappa shape index (κ2) is 3.74. The summed E-state index contributed by atoms with van der Waals surface area (Å²) in [5.74, 6) is 0. The van der Waals surface area contributed by atoms with Crippen molar-refractivity contribution in [3.05, 3.63) is 33.2 Å². The maximum atomic E-state index is 5.68. The fourth-order valence-electron chi connectivity index (χ4n) is 0.914. The van der Waals surface area contributed by atoms with Crippen LogP contribution >= 0.6 is 38.9 Å². The molecule has 0 aliphatic rings. The van der Waals surface area contributed by atoms with E-state index in [0.29, 0.717) is 4.47 Å². The molecule has 1 aromatic heterocycles. The predicted octanol–water partition coefficient (Wildman–Crippen LogP) is 3.62. The Morgan fingerprint density at radius 1 is 1.15 bits per heavy atom. The van der Waals surface area contributed by atoms with Crippen LogP contribution in [0.25, 0.3) is 10.6 Å². The van der Waals surface area contributed by atoms with Gasteiger partial charge in [-0.3, -0.25) is 0 Å². The van der Waals surface area contributed by atoms with Gasteiger partial charge in [-0.25, -0.2) is 0 Å². The van der Waals surface area contributed by atoms with Gasteiger partial charge in [0.15, 0.2) is 0 Å². The second-order valence-electron chi connectivity index (χ2n) is 2.37. The Morgan fingerprint density at radius 3 is 2.38 bits per heavy atom. The molecule has 1 aromatic carbocycles. The van der Waals surface area contributed by atoms with E-state index >= 15 is 0 Å². The van der Waals surface area contributed by atoms with Crippen molar-refractivity contribution in [2.45, 2.75) is 0 Å². The number of hydrogen-bond acceptors (Lipinski definition) is 3. The van der Waals surface area contributed by atoms with E-state index in [4.69, 9.17) is 11.6 Å². The standard InChI is InChI=1S/C8H4BrClN2S/c9-6-3-1-5(2-4-6)7-11-12-8(10)13-7/h1-4H. The zero-order valence-corrected chi connectivity index (χ0v) is 9.53. The Balaban J connectivity index is 2.41. The molecule has 2 aromatic rings. The van der Waals surface area contributed by atoms with Gasteiger partial charge in [-0.05, 0) is 23.7 Å². The van der Waals surface area contributed by atoms with E-state index in [2.05, 4.69) is 26.1 Å². The third-order valence-corrected chi connectivity index (χ3v) is 3.09. The van der Waals surface area contributed by atoms with E-state index in [9.17, 15) is 0 Å². The maximum absolute atomic E-state index is 5.68. The smallest absolute Gasteiger partial charge is 0.137 e. The summed E-state index contributed by atoms with van der Waals surface area (Å²) in [5, 5.41) is 8.52. The number of aromatic nitrogens is 2. The maximum Gasteiger partial charge on any atom is 0.207 e. The highest BCUT2D eigenvalue weighted by Gasteiger charge is 2.03. The number of rotatable bonds is 1. The minimum Gasteiger partial charge on any atom is -0.137 e. The molecular weight excluding hydrogens is 272 g/mol. The molecule has 0 atom stereocenters. The molecule has 0 aliphatic heterocycles. The third kappa shape index (κ3) is 2.07. The lowest BCUT2D eigenvalue weighted by atomic mass is 10.2. The summed E-state index contributed by atoms with van der Waals surface area (Å²) in [5.41, 5.74) is 1.03. The van der Waals surface area contributed by atoms with Gasteiger partial charge in [0.25, 0.3) is 0 Å². The van der Waals surface area contributed by atoms with Gasteiger partial charge in [0.1, 0.15) is 5.01 Å². The van der Waals surface area contributed by atoms with Crippen molar-refractivity contribution in [1.82, 2.24) is 10.2 Å². The highest BCUT2D eigenvalue weighted by molar-refractivity contribution is 9.10. The topological polar surface area (TPSA) is 25.8 Å². The lowest BCUT2D eigenvalue weighted by Crippen LogP contribution is -1.75. The van der Waals surface area contributed by atoms with Crippen molar-refractivity contribution in [2.24, 2.45) is 0 Å². The Bertz CT molecular complexity index is 412. The molecule has 0 aliphatic carbocycles. The number of benzene rings is 1. The zero-order valence-electron chi connectivity index (χ0n) is 6.37. The summed E-state index contributed by atoms with van der Waals surface area (Å²) >= 11 is 10.4. The van der Waals surface area contributed by atoms with Gasteiger partial charge in [0, 0.05) is 10.0 Å². The fraction of sp³-hybridized carbons (Fsp3) is 0. The quantitative estimate of drug-likeness (QED) is 0.794. The van der Waals surface area contributed by atoms with Gasteiger partial charge in [-0.2, -0.15) is 0 Å². The van der Waals surface area contributed by atoms with E-state index in [1.807, 2.05) is 24.3 Å². The van der Waals surface area contributed by atoms with Crippen LogP contribution in [0.1, 0.15) is 0 Å². The number of hydrogen-bond donors (Lipinski definition) is 0. The summed E-state index contributed by atoms with van der Waals surface area (Å²) in [6, 6.07) is 7.87. The molecule has 0 bridgehead atoms. The van der Waals surface area contributed by atoms with Crippen LogP contribution in [0.15, 0.2) is 28.7 Å². The van der Waals surface area contributed by atoms with Gasteiger partial charge < -0.3 is 0 Å². The summed E-state index contributed by atoms with van der Waals surface area (Å²) < 4.78 is 1.52. The molecule has 13 heavy (non-hydrogen) atoms. The SMILES string of the molecule is Clc1nnc(-c2ccc(Br)cc2)s1. The summed E-state index contributed by atoms with van der Waals surface area (Å²) in [6.07, 6.45) is 0. The van der Waals surface area contributed by atoms with Crippen LogP contribution < -0.4 is 0 Å². The monoisotopic (exact) mass is 274 g/mol. The molecule has 0 fully saturated rings. The molecule has 2 nitrogen and oxygen atoms in total. The minimum atomic E-state index is 0.470. The molecular formula is C8H4BrClN2S. The van der Waals surface area contributed by atoms with Crippen molar-refractivity contribution in [1.29, 1.82) is 0 Å². The predicted molar refractivity (Wildman–Crippen MR) is 58.1 cm³/mol. The van der Waals surface area contributed by atoms with E-state index in [1.165, 1.54) is 11.3 Å². The molecule has 0 amide bonds. The minimum absolute atomic E-state index is 0.470. The third-order valence-electron chi connectivity index (χ3n) is 1.49. The second-order valence-corrected chi connectivity index (χ2v) is 4.84. The molecule has 0 saturated heterocycles. The van der Waals surface area contributed by atoms with Crippen LogP contribution in [-0.2, 0) is 0 Å². The van der Waals surface area contributed by atoms with Crippen molar-refractivity contribution >= 4 is 38.9 Å². The van der Waals surface area contributed by atoms with E-state index < -0.39 is 0 Å². The highest BCUT2D eigenvalue weighted by atomic mass is 79.9. The van der Waals surface area contributed by atoms with E-state index in [1.54, 1.807) is 0 Å². The molecule has 0 spiro atoms. The Kier molecular flexibility index (Phi) is 2.62. The fourth-order valence-corrected chi connectivity index (χ4v) is 2.01. The molecule has 2 rings (SSSR count). The molecule has 0 N–H and O–H groups in total. The molecule has 5 heteroatoms. The van der Waals surface area contributed by atoms with E-state index in [-0.39, 0.29) is 0 Å². The van der Waals surface area contributed by atoms with Crippen LogP contribution in [0.3, 0.4) is 0 Å². The van der Waals surface area contributed by atoms with Gasteiger partial charge in [0.2, 0.25) is 4.47 Å². The molecule has 0 unspecified atom stereocenters. The lowest BCUT2D eigenvalue weighted by molar-refractivity contribution is 1.10. The van der Waals surface area contributed by atoms with Crippen LogP contribution in [0, 0.1) is 0 Å². The zero-order chi connectivity index (χ0) is 9.26.